The van der Waals surface area contributed by atoms with Crippen LogP contribution in [-0.2, 0) is 4.74 Å². The summed E-state index contributed by atoms with van der Waals surface area (Å²) in [6.45, 7) is 7.77. The molecule has 0 bridgehead atoms. The van der Waals surface area contributed by atoms with E-state index in [1.807, 2.05) is 32.9 Å². The van der Waals surface area contributed by atoms with E-state index in [1.165, 1.54) is 7.11 Å². The Balaban J connectivity index is 2.14. The Bertz CT molecular complexity index is 810. The molecule has 5 nitrogen and oxygen atoms in total. The molecule has 2 rings (SSSR count). The van der Waals surface area contributed by atoms with Crippen LogP contribution in [0.1, 0.15) is 45.7 Å². The number of esters is 1. The van der Waals surface area contributed by atoms with Gasteiger partial charge in [0.05, 0.1) is 19.3 Å². The van der Waals surface area contributed by atoms with Crippen molar-refractivity contribution in [3.63, 3.8) is 0 Å². The number of methoxy groups -OCH3 is 1. The SMILES string of the molecule is CCOc1cc(C(=O)O[C@@H](C)C(=O)c2ccc(C)c(C)c2)ccc1OC. The maximum atomic E-state index is 12.5. The van der Waals surface area contributed by atoms with Crippen molar-refractivity contribution >= 4 is 11.8 Å². The smallest absolute Gasteiger partial charge is 0.338 e. The highest BCUT2D eigenvalue weighted by atomic mass is 16.5. The van der Waals surface area contributed by atoms with E-state index in [0.29, 0.717) is 29.2 Å². The van der Waals surface area contributed by atoms with Crippen LogP contribution in [0.2, 0.25) is 0 Å². The third-order valence-corrected chi connectivity index (χ3v) is 4.14. The minimum absolute atomic E-state index is 0.236. The molecule has 0 fully saturated rings. The molecule has 0 aliphatic heterocycles. The first-order valence-corrected chi connectivity index (χ1v) is 8.50. The zero-order valence-corrected chi connectivity index (χ0v) is 15.8. The van der Waals surface area contributed by atoms with Gasteiger partial charge in [0.25, 0.3) is 0 Å². The fraction of sp³-hybridized carbons (Fsp3) is 0.333. The first kappa shape index (κ1) is 19.5. The van der Waals surface area contributed by atoms with Gasteiger partial charge in [-0.05, 0) is 63.1 Å². The molecule has 2 aromatic carbocycles. The van der Waals surface area contributed by atoms with Crippen molar-refractivity contribution < 1.29 is 23.8 Å². The summed E-state index contributed by atoms with van der Waals surface area (Å²) >= 11 is 0. The topological polar surface area (TPSA) is 61.8 Å². The molecule has 0 unspecified atom stereocenters. The van der Waals surface area contributed by atoms with E-state index in [9.17, 15) is 9.59 Å². The molecule has 0 saturated heterocycles. The van der Waals surface area contributed by atoms with Gasteiger partial charge in [0.1, 0.15) is 0 Å². The average molecular weight is 356 g/mol. The van der Waals surface area contributed by atoms with Crippen molar-refractivity contribution in [3.8, 4) is 11.5 Å². The van der Waals surface area contributed by atoms with E-state index in [-0.39, 0.29) is 5.78 Å². The van der Waals surface area contributed by atoms with E-state index in [2.05, 4.69) is 0 Å². The zero-order chi connectivity index (χ0) is 19.3. The first-order valence-electron chi connectivity index (χ1n) is 8.50. The lowest BCUT2D eigenvalue weighted by Crippen LogP contribution is -2.24. The van der Waals surface area contributed by atoms with E-state index in [1.54, 1.807) is 31.2 Å². The molecule has 0 radical (unpaired) electrons. The number of aryl methyl sites for hydroxylation is 2. The van der Waals surface area contributed by atoms with E-state index >= 15 is 0 Å². The fourth-order valence-electron chi connectivity index (χ4n) is 2.48. The van der Waals surface area contributed by atoms with Crippen molar-refractivity contribution in [1.82, 2.24) is 0 Å². The summed E-state index contributed by atoms with van der Waals surface area (Å²) in [5.74, 6) is 0.165. The molecule has 5 heteroatoms. The molecule has 0 heterocycles. The van der Waals surface area contributed by atoms with Crippen LogP contribution in [0.5, 0.6) is 11.5 Å². The Hall–Kier alpha value is -2.82. The van der Waals surface area contributed by atoms with Crippen LogP contribution in [0.15, 0.2) is 36.4 Å². The molecule has 0 aliphatic rings. The molecule has 1 atom stereocenters. The normalized spacial score (nSPS) is 11.6. The van der Waals surface area contributed by atoms with Gasteiger partial charge in [-0.2, -0.15) is 0 Å². The summed E-state index contributed by atoms with van der Waals surface area (Å²) in [5, 5.41) is 0. The highest BCUT2D eigenvalue weighted by Crippen LogP contribution is 2.28. The number of Topliss-reactive ketones (excluding diaryl/α,β-unsaturated/α-hetero) is 1. The molecule has 0 N–H and O–H groups in total. The Morgan fingerprint density at radius 2 is 1.65 bits per heavy atom. The number of benzene rings is 2. The van der Waals surface area contributed by atoms with Crippen molar-refractivity contribution in [2.45, 2.75) is 33.8 Å². The van der Waals surface area contributed by atoms with Gasteiger partial charge in [-0.3, -0.25) is 4.79 Å². The van der Waals surface area contributed by atoms with E-state index in [0.717, 1.165) is 11.1 Å². The predicted octanol–water partition coefficient (Wildman–Crippen LogP) is 4.14. The predicted molar refractivity (Wildman–Crippen MR) is 99.3 cm³/mol. The number of ketones is 1. The van der Waals surface area contributed by atoms with Crippen molar-refractivity contribution in [2.75, 3.05) is 13.7 Å². The van der Waals surface area contributed by atoms with Gasteiger partial charge in [0.2, 0.25) is 5.78 Å². The van der Waals surface area contributed by atoms with Crippen LogP contribution in [0.3, 0.4) is 0 Å². The first-order chi connectivity index (χ1) is 12.4. The maximum absolute atomic E-state index is 12.5. The molecule has 0 aromatic heterocycles. The summed E-state index contributed by atoms with van der Waals surface area (Å²) in [5.41, 5.74) is 2.95. The van der Waals surface area contributed by atoms with Gasteiger partial charge >= 0.3 is 5.97 Å². The average Bonchev–Trinajstić information content (AvgIpc) is 2.63. The summed E-state index contributed by atoms with van der Waals surface area (Å²) in [7, 11) is 1.53. The third kappa shape index (κ3) is 4.42. The summed E-state index contributed by atoms with van der Waals surface area (Å²) in [4.78, 5) is 24.9. The van der Waals surface area contributed by atoms with Gasteiger partial charge in [0, 0.05) is 5.56 Å². The van der Waals surface area contributed by atoms with Gasteiger partial charge in [0.15, 0.2) is 17.6 Å². The van der Waals surface area contributed by atoms with Crippen LogP contribution in [-0.4, -0.2) is 31.6 Å². The fourth-order valence-corrected chi connectivity index (χ4v) is 2.48. The van der Waals surface area contributed by atoms with Gasteiger partial charge in [-0.25, -0.2) is 4.79 Å². The number of hydrogen-bond acceptors (Lipinski definition) is 5. The second-order valence-electron chi connectivity index (χ2n) is 6.01. The number of ether oxygens (including phenoxy) is 3. The quantitative estimate of drug-likeness (QED) is 0.551. The summed E-state index contributed by atoms with van der Waals surface area (Å²) < 4.78 is 16.0. The highest BCUT2D eigenvalue weighted by molar-refractivity contribution is 6.01. The van der Waals surface area contributed by atoms with Crippen molar-refractivity contribution in [3.05, 3.63) is 58.7 Å². The van der Waals surface area contributed by atoms with Crippen LogP contribution in [0, 0.1) is 13.8 Å². The number of hydrogen-bond donors (Lipinski definition) is 0. The molecule has 0 amide bonds. The van der Waals surface area contributed by atoms with Crippen molar-refractivity contribution in [2.24, 2.45) is 0 Å². The Morgan fingerprint density at radius 3 is 2.27 bits per heavy atom. The van der Waals surface area contributed by atoms with E-state index < -0.39 is 12.1 Å². The third-order valence-electron chi connectivity index (χ3n) is 4.14. The summed E-state index contributed by atoms with van der Waals surface area (Å²) in [6, 6.07) is 10.2. The van der Waals surface area contributed by atoms with Crippen LogP contribution < -0.4 is 9.47 Å². The minimum Gasteiger partial charge on any atom is -0.493 e. The number of carbonyl (C=O) groups is 2. The lowest BCUT2D eigenvalue weighted by atomic mass is 10.0. The van der Waals surface area contributed by atoms with Crippen LogP contribution >= 0.6 is 0 Å². The number of rotatable bonds is 7. The number of carbonyl (C=O) groups excluding carboxylic acids is 2. The van der Waals surface area contributed by atoms with Gasteiger partial charge in [-0.15, -0.1) is 0 Å². The van der Waals surface area contributed by atoms with Crippen molar-refractivity contribution in [1.29, 1.82) is 0 Å². The maximum Gasteiger partial charge on any atom is 0.338 e. The Labute approximate surface area is 153 Å². The van der Waals surface area contributed by atoms with Crippen LogP contribution in [0.25, 0.3) is 0 Å². The Kier molecular flexibility index (Phi) is 6.39. The standard InChI is InChI=1S/C21H24O5/c1-6-25-19-12-17(9-10-18(19)24-5)21(23)26-15(4)20(22)16-8-7-13(2)14(3)11-16/h7-12,15H,6H2,1-5H3/t15-/m0/s1. The Morgan fingerprint density at radius 1 is 0.962 bits per heavy atom. The molecule has 0 aliphatic carbocycles. The second kappa shape index (κ2) is 8.52. The minimum atomic E-state index is -0.887. The van der Waals surface area contributed by atoms with Gasteiger partial charge < -0.3 is 14.2 Å². The second-order valence-corrected chi connectivity index (χ2v) is 6.01. The van der Waals surface area contributed by atoms with Gasteiger partial charge in [-0.1, -0.05) is 12.1 Å². The lowest BCUT2D eigenvalue weighted by Gasteiger charge is -2.14. The highest BCUT2D eigenvalue weighted by Gasteiger charge is 2.21. The molecule has 0 spiro atoms. The lowest BCUT2D eigenvalue weighted by molar-refractivity contribution is 0.0318. The monoisotopic (exact) mass is 356 g/mol. The molecule has 138 valence electrons. The van der Waals surface area contributed by atoms with Crippen LogP contribution in [0.4, 0.5) is 0 Å². The molecule has 0 saturated carbocycles. The zero-order valence-electron chi connectivity index (χ0n) is 15.8. The molecule has 26 heavy (non-hydrogen) atoms. The van der Waals surface area contributed by atoms with E-state index in [4.69, 9.17) is 14.2 Å². The summed E-state index contributed by atoms with van der Waals surface area (Å²) in [6.07, 6.45) is -0.887. The molecular weight excluding hydrogens is 332 g/mol. The molecule has 2 aromatic rings. The largest absolute Gasteiger partial charge is 0.493 e. The molecular formula is C21H24O5.